The molecule has 1 amide bonds. The molecule has 0 aliphatic heterocycles. The van der Waals surface area contributed by atoms with Crippen molar-refractivity contribution in [3.05, 3.63) is 89.5 Å². The minimum atomic E-state index is -0.978. The average molecular weight is 636 g/mol. The SMILES string of the molecule is CC(=O)CCCOCCOCCNc1nc(Nc2ccc(O)cc2)nc(Nc2ccc(C(=O)NCc3ccc(F)c(F)c3)cc2)n1. The summed E-state index contributed by atoms with van der Waals surface area (Å²) in [6.45, 7) is 3.70. The van der Waals surface area contributed by atoms with Crippen molar-refractivity contribution in [1.29, 1.82) is 0 Å². The Bertz CT molecular complexity index is 1590. The zero-order valence-electron chi connectivity index (χ0n) is 25.2. The molecule has 0 radical (unpaired) electrons. The highest BCUT2D eigenvalue weighted by Gasteiger charge is 2.10. The number of nitrogens with zero attached hydrogens (tertiary/aromatic N) is 3. The van der Waals surface area contributed by atoms with Crippen LogP contribution in [0.15, 0.2) is 66.7 Å². The molecule has 242 valence electrons. The van der Waals surface area contributed by atoms with Crippen molar-refractivity contribution < 1.29 is 33.0 Å². The maximum Gasteiger partial charge on any atom is 0.251 e. The van der Waals surface area contributed by atoms with Crippen molar-refractivity contribution >= 4 is 40.9 Å². The van der Waals surface area contributed by atoms with Crippen LogP contribution in [0.4, 0.5) is 38.0 Å². The van der Waals surface area contributed by atoms with Crippen molar-refractivity contribution in [1.82, 2.24) is 20.3 Å². The van der Waals surface area contributed by atoms with Gasteiger partial charge < -0.3 is 40.6 Å². The number of benzene rings is 3. The van der Waals surface area contributed by atoms with E-state index in [9.17, 15) is 23.5 Å². The first-order chi connectivity index (χ1) is 22.2. The van der Waals surface area contributed by atoms with Crippen molar-refractivity contribution in [2.24, 2.45) is 0 Å². The maximum absolute atomic E-state index is 13.4. The zero-order chi connectivity index (χ0) is 32.7. The standard InChI is InChI=1S/C32H35F2N7O5/c1-21(42)3-2-15-45-17-18-46-16-14-35-30-39-31(41-32(40-30)38-25-9-11-26(43)12-10-25)37-24-7-5-23(6-8-24)29(44)36-20-22-4-13-27(33)28(34)19-22/h4-13,19,43H,2-3,14-18,20H2,1H3,(H,36,44)(H3,35,37,38,39,40,41). The fourth-order valence-corrected chi connectivity index (χ4v) is 3.99. The molecule has 0 bridgehead atoms. The first-order valence-electron chi connectivity index (χ1n) is 14.6. The number of rotatable bonds is 18. The van der Waals surface area contributed by atoms with Crippen LogP contribution >= 0.6 is 0 Å². The Labute approximate surface area is 264 Å². The fourth-order valence-electron chi connectivity index (χ4n) is 3.99. The number of carbonyl (C=O) groups is 2. The second-order valence-electron chi connectivity index (χ2n) is 10.1. The maximum atomic E-state index is 13.4. The highest BCUT2D eigenvalue weighted by atomic mass is 19.2. The third kappa shape index (κ3) is 11.4. The Hall–Kier alpha value is -5.21. The molecule has 1 heterocycles. The predicted octanol–water partition coefficient (Wildman–Crippen LogP) is 5.09. The number of ether oxygens (including phenoxy) is 2. The second-order valence-corrected chi connectivity index (χ2v) is 10.1. The summed E-state index contributed by atoms with van der Waals surface area (Å²) >= 11 is 0. The van der Waals surface area contributed by atoms with Gasteiger partial charge in [0.1, 0.15) is 11.5 Å². The van der Waals surface area contributed by atoms with Gasteiger partial charge in [-0.05, 0) is 79.6 Å². The lowest BCUT2D eigenvalue weighted by molar-refractivity contribution is -0.117. The van der Waals surface area contributed by atoms with Gasteiger partial charge >= 0.3 is 0 Å². The average Bonchev–Trinajstić information content (AvgIpc) is 3.03. The van der Waals surface area contributed by atoms with Crippen LogP contribution < -0.4 is 21.3 Å². The second kappa shape index (κ2) is 17.3. The Balaban J connectivity index is 1.33. The molecule has 0 fully saturated rings. The van der Waals surface area contributed by atoms with Crippen LogP contribution in [0.25, 0.3) is 0 Å². The number of aromatic hydroxyl groups is 1. The van der Waals surface area contributed by atoms with Gasteiger partial charge in [0.2, 0.25) is 17.8 Å². The smallest absolute Gasteiger partial charge is 0.251 e. The summed E-state index contributed by atoms with van der Waals surface area (Å²) in [5, 5.41) is 21.5. The summed E-state index contributed by atoms with van der Waals surface area (Å²) in [5.74, 6) is -1.33. The van der Waals surface area contributed by atoms with E-state index in [1.807, 2.05) is 0 Å². The summed E-state index contributed by atoms with van der Waals surface area (Å²) in [6, 6.07) is 16.4. The molecule has 0 atom stereocenters. The summed E-state index contributed by atoms with van der Waals surface area (Å²) in [7, 11) is 0. The molecule has 0 aliphatic carbocycles. The number of aromatic nitrogens is 3. The number of anilines is 5. The van der Waals surface area contributed by atoms with Crippen LogP contribution in [0, 0.1) is 11.6 Å². The van der Waals surface area contributed by atoms with Crippen LogP contribution in [0.5, 0.6) is 5.75 Å². The summed E-state index contributed by atoms with van der Waals surface area (Å²) < 4.78 is 37.6. The molecule has 46 heavy (non-hydrogen) atoms. The lowest BCUT2D eigenvalue weighted by atomic mass is 10.1. The number of Topliss-reactive ketones (excluding diaryl/α,β-unsaturated/α-hetero) is 1. The number of halogens is 2. The molecule has 0 saturated heterocycles. The van der Waals surface area contributed by atoms with E-state index < -0.39 is 11.6 Å². The topological polar surface area (TPSA) is 160 Å². The molecule has 1 aromatic heterocycles. The highest BCUT2D eigenvalue weighted by Crippen LogP contribution is 2.21. The van der Waals surface area contributed by atoms with Crippen molar-refractivity contribution in [2.75, 3.05) is 48.9 Å². The van der Waals surface area contributed by atoms with Crippen molar-refractivity contribution in [2.45, 2.75) is 26.3 Å². The normalized spacial score (nSPS) is 10.8. The van der Waals surface area contributed by atoms with Gasteiger partial charge in [-0.3, -0.25) is 4.79 Å². The van der Waals surface area contributed by atoms with E-state index in [1.165, 1.54) is 18.2 Å². The first kappa shape index (κ1) is 33.7. The third-order valence-corrected chi connectivity index (χ3v) is 6.32. The molecule has 0 aliphatic rings. The molecular formula is C32H35F2N7O5. The monoisotopic (exact) mass is 635 g/mol. The molecule has 0 unspecified atom stereocenters. The van der Waals surface area contributed by atoms with E-state index in [0.717, 1.165) is 12.1 Å². The number of carbonyl (C=O) groups excluding carboxylic acids is 2. The van der Waals surface area contributed by atoms with Gasteiger partial charge in [0.05, 0.1) is 19.8 Å². The minimum Gasteiger partial charge on any atom is -0.508 e. The van der Waals surface area contributed by atoms with Gasteiger partial charge in [0, 0.05) is 43.1 Å². The van der Waals surface area contributed by atoms with E-state index in [1.54, 1.807) is 43.3 Å². The van der Waals surface area contributed by atoms with E-state index in [0.29, 0.717) is 68.3 Å². The van der Waals surface area contributed by atoms with E-state index in [4.69, 9.17) is 9.47 Å². The Kier molecular flexibility index (Phi) is 12.7. The Morgan fingerprint density at radius 1 is 0.761 bits per heavy atom. The number of amides is 1. The number of hydrogen-bond acceptors (Lipinski definition) is 11. The first-order valence-corrected chi connectivity index (χ1v) is 14.6. The zero-order valence-corrected chi connectivity index (χ0v) is 25.2. The molecule has 5 N–H and O–H groups in total. The molecule has 4 aromatic rings. The molecule has 0 spiro atoms. The molecule has 12 nitrogen and oxygen atoms in total. The van der Waals surface area contributed by atoms with Crippen molar-refractivity contribution in [3.8, 4) is 5.75 Å². The molecule has 3 aromatic carbocycles. The Morgan fingerprint density at radius 3 is 2.00 bits per heavy atom. The number of phenolic OH excluding ortho intramolecular Hbond substituents is 1. The van der Waals surface area contributed by atoms with Gasteiger partial charge in [-0.2, -0.15) is 15.0 Å². The van der Waals surface area contributed by atoms with Crippen LogP contribution in [0.1, 0.15) is 35.7 Å². The van der Waals surface area contributed by atoms with Crippen LogP contribution in [-0.4, -0.2) is 64.7 Å². The van der Waals surface area contributed by atoms with Gasteiger partial charge in [-0.15, -0.1) is 0 Å². The van der Waals surface area contributed by atoms with Crippen LogP contribution in [0.2, 0.25) is 0 Å². The van der Waals surface area contributed by atoms with Gasteiger partial charge in [0.15, 0.2) is 11.6 Å². The quantitative estimate of drug-likeness (QED) is 0.0732. The Morgan fingerprint density at radius 2 is 1.37 bits per heavy atom. The van der Waals surface area contributed by atoms with Crippen molar-refractivity contribution in [3.63, 3.8) is 0 Å². The molecule has 14 heteroatoms. The lowest BCUT2D eigenvalue weighted by Gasteiger charge is -2.12. The van der Waals surface area contributed by atoms with Gasteiger partial charge in [-0.1, -0.05) is 6.07 Å². The number of phenols is 1. The molecule has 4 rings (SSSR count). The molecule has 0 saturated carbocycles. The number of nitrogens with one attached hydrogen (secondary N) is 4. The predicted molar refractivity (Wildman–Crippen MR) is 169 cm³/mol. The highest BCUT2D eigenvalue weighted by molar-refractivity contribution is 5.94. The van der Waals surface area contributed by atoms with Crippen LogP contribution in [-0.2, 0) is 20.8 Å². The van der Waals surface area contributed by atoms with Gasteiger partial charge in [-0.25, -0.2) is 8.78 Å². The van der Waals surface area contributed by atoms with Crippen LogP contribution in [0.3, 0.4) is 0 Å². The fraction of sp³-hybridized carbons (Fsp3) is 0.281. The van der Waals surface area contributed by atoms with E-state index in [-0.39, 0.29) is 41.8 Å². The summed E-state index contributed by atoms with van der Waals surface area (Å²) in [6.07, 6.45) is 1.19. The molecular weight excluding hydrogens is 600 g/mol. The van der Waals surface area contributed by atoms with Gasteiger partial charge in [0.25, 0.3) is 5.91 Å². The minimum absolute atomic E-state index is 0.0362. The number of ketones is 1. The van der Waals surface area contributed by atoms with E-state index >= 15 is 0 Å². The van der Waals surface area contributed by atoms with E-state index in [2.05, 4.69) is 36.2 Å². The third-order valence-electron chi connectivity index (χ3n) is 6.32. The number of hydrogen-bond donors (Lipinski definition) is 5. The lowest BCUT2D eigenvalue weighted by Crippen LogP contribution is -2.22. The summed E-state index contributed by atoms with van der Waals surface area (Å²) in [4.78, 5) is 36.8. The largest absolute Gasteiger partial charge is 0.508 e. The summed E-state index contributed by atoms with van der Waals surface area (Å²) in [5.41, 5.74) is 2.03.